The van der Waals surface area contributed by atoms with Crippen molar-refractivity contribution < 1.29 is 33.0 Å². The Morgan fingerprint density at radius 3 is 2.19 bits per heavy atom. The minimum atomic E-state index is -5.01. The van der Waals surface area contributed by atoms with Gasteiger partial charge in [-0.2, -0.15) is 13.2 Å². The van der Waals surface area contributed by atoms with Crippen LogP contribution in [0, 0.1) is 11.3 Å². The van der Waals surface area contributed by atoms with Crippen LogP contribution in [0.5, 0.6) is 0 Å². The van der Waals surface area contributed by atoms with E-state index in [1.165, 1.54) is 0 Å². The van der Waals surface area contributed by atoms with E-state index < -0.39 is 48.2 Å². The summed E-state index contributed by atoms with van der Waals surface area (Å²) in [6, 6.07) is -0.810. The van der Waals surface area contributed by atoms with Crippen molar-refractivity contribution in [2.45, 2.75) is 39.1 Å². The lowest BCUT2D eigenvalue weighted by molar-refractivity contribution is -0.269. The summed E-state index contributed by atoms with van der Waals surface area (Å²) in [5, 5.41) is 22.9. The zero-order valence-corrected chi connectivity index (χ0v) is 11.9. The molecule has 9 heteroatoms. The third kappa shape index (κ3) is 3.99. The zero-order chi connectivity index (χ0) is 16.6. The summed E-state index contributed by atoms with van der Waals surface area (Å²) in [6.07, 6.45) is -7.70. The van der Waals surface area contributed by atoms with Gasteiger partial charge in [-0.05, 0) is 5.41 Å². The van der Waals surface area contributed by atoms with Crippen LogP contribution >= 0.6 is 0 Å². The average Bonchev–Trinajstić information content (AvgIpc) is 2.61. The molecule has 1 fully saturated rings. The molecule has 0 bridgehead atoms. The number of likely N-dealkylation sites (tertiary alicyclic amines) is 1. The highest BCUT2D eigenvalue weighted by Gasteiger charge is 2.47. The molecule has 1 aliphatic rings. The largest absolute Gasteiger partial charge is 0.530 e. The minimum absolute atomic E-state index is 0.191. The normalized spacial score (nSPS) is 26.8. The van der Waals surface area contributed by atoms with Gasteiger partial charge in [0.15, 0.2) is 0 Å². The van der Waals surface area contributed by atoms with Crippen molar-refractivity contribution in [2.24, 2.45) is 11.3 Å². The fourth-order valence-electron chi connectivity index (χ4n) is 2.59. The second-order valence-corrected chi connectivity index (χ2v) is 6.19. The molecule has 1 heterocycles. The molecule has 0 aromatic rings. The molecule has 21 heavy (non-hydrogen) atoms. The van der Waals surface area contributed by atoms with Crippen LogP contribution in [0.2, 0.25) is 0 Å². The summed E-state index contributed by atoms with van der Waals surface area (Å²) in [5.74, 6) is -2.94. The van der Waals surface area contributed by atoms with Gasteiger partial charge in [-0.1, -0.05) is 20.8 Å². The van der Waals surface area contributed by atoms with Crippen LogP contribution in [0.15, 0.2) is 0 Å². The molecule has 6 nitrogen and oxygen atoms in total. The van der Waals surface area contributed by atoms with Gasteiger partial charge in [0.2, 0.25) is 0 Å². The predicted octanol–water partition coefficient (Wildman–Crippen LogP) is -0.284. The third-order valence-electron chi connectivity index (χ3n) is 3.48. The van der Waals surface area contributed by atoms with Crippen molar-refractivity contribution in [1.82, 2.24) is 10.2 Å². The number of nitrogens with zero attached hydrogens (tertiary/aromatic N) is 1. The van der Waals surface area contributed by atoms with Gasteiger partial charge in [0.25, 0.3) is 0 Å². The van der Waals surface area contributed by atoms with Gasteiger partial charge in [0.1, 0.15) is 6.09 Å². The molecule has 0 saturated carbocycles. The summed E-state index contributed by atoms with van der Waals surface area (Å²) in [5.41, 5.74) is -0.623. The van der Waals surface area contributed by atoms with E-state index in [0.29, 0.717) is 0 Å². The Balaban J connectivity index is 2.79. The zero-order valence-electron chi connectivity index (χ0n) is 11.9. The molecule has 2 amide bonds. The molecule has 0 aromatic carbocycles. The summed E-state index contributed by atoms with van der Waals surface area (Å²) < 4.78 is 36.3. The fourth-order valence-corrected chi connectivity index (χ4v) is 2.59. The lowest BCUT2D eigenvalue weighted by Crippen LogP contribution is -2.52. The van der Waals surface area contributed by atoms with Crippen molar-refractivity contribution >= 4 is 12.0 Å². The van der Waals surface area contributed by atoms with Crippen LogP contribution < -0.4 is 10.4 Å². The van der Waals surface area contributed by atoms with Crippen molar-refractivity contribution in [1.29, 1.82) is 0 Å². The van der Waals surface area contributed by atoms with Crippen LogP contribution in [0.3, 0.4) is 0 Å². The third-order valence-corrected chi connectivity index (χ3v) is 3.48. The Hall–Kier alpha value is -1.51. The molecular weight excluding hydrogens is 293 g/mol. The Morgan fingerprint density at radius 2 is 1.86 bits per heavy atom. The molecule has 1 aliphatic heterocycles. The van der Waals surface area contributed by atoms with Crippen molar-refractivity contribution in [3.8, 4) is 0 Å². The number of carbonyl (C=O) groups is 2. The Morgan fingerprint density at radius 1 is 1.33 bits per heavy atom. The van der Waals surface area contributed by atoms with E-state index in [2.05, 4.69) is 0 Å². The van der Waals surface area contributed by atoms with E-state index in [9.17, 15) is 33.0 Å². The van der Waals surface area contributed by atoms with Crippen LogP contribution in [-0.4, -0.2) is 53.4 Å². The number of alkyl halides is 3. The lowest BCUT2D eigenvalue weighted by atomic mass is 9.82. The number of rotatable bonds is 2. The fraction of sp³-hybridized carbons (Fsp3) is 0.833. The number of amides is 2. The van der Waals surface area contributed by atoms with Gasteiger partial charge >= 0.3 is 12.1 Å². The molecule has 3 atom stereocenters. The number of aliphatic hydroxyl groups is 1. The van der Waals surface area contributed by atoms with E-state index in [0.717, 1.165) is 4.90 Å². The Kier molecular flexibility index (Phi) is 4.76. The quantitative estimate of drug-likeness (QED) is 0.733. The van der Waals surface area contributed by atoms with E-state index in [1.807, 2.05) is 0 Å². The highest BCUT2D eigenvalue weighted by Crippen LogP contribution is 2.35. The molecule has 1 rings (SSSR count). The lowest BCUT2D eigenvalue weighted by Gasteiger charge is -2.38. The molecule has 0 radical (unpaired) electrons. The van der Waals surface area contributed by atoms with Crippen LogP contribution in [-0.2, 0) is 4.79 Å². The maximum atomic E-state index is 12.1. The second-order valence-electron chi connectivity index (χ2n) is 6.19. The van der Waals surface area contributed by atoms with Gasteiger partial charge in [0.05, 0.1) is 12.1 Å². The highest BCUT2D eigenvalue weighted by atomic mass is 19.4. The van der Waals surface area contributed by atoms with Crippen molar-refractivity contribution in [2.75, 3.05) is 13.1 Å². The van der Waals surface area contributed by atoms with Gasteiger partial charge < -0.3 is 25.2 Å². The number of carbonyl (C=O) groups excluding carboxylic acids is 2. The SMILES string of the molecule is CC(C)(C)C1[C@@H](O)[C@@H](CNC(=O)C(F)(F)F)CN1C(=O)[O-]. The van der Waals surface area contributed by atoms with E-state index in [1.54, 1.807) is 26.1 Å². The van der Waals surface area contributed by atoms with Crippen LogP contribution in [0.4, 0.5) is 18.0 Å². The second kappa shape index (κ2) is 5.70. The van der Waals surface area contributed by atoms with Gasteiger partial charge in [-0.15, -0.1) is 0 Å². The summed E-state index contributed by atoms with van der Waals surface area (Å²) >= 11 is 0. The first-order chi connectivity index (χ1) is 9.35. The summed E-state index contributed by atoms with van der Waals surface area (Å²) in [6.45, 7) is 4.45. The van der Waals surface area contributed by atoms with Crippen LogP contribution in [0.25, 0.3) is 0 Å². The summed E-state index contributed by atoms with van der Waals surface area (Å²) in [7, 11) is 0. The highest BCUT2D eigenvalue weighted by molar-refractivity contribution is 5.81. The van der Waals surface area contributed by atoms with E-state index in [-0.39, 0.29) is 6.54 Å². The van der Waals surface area contributed by atoms with E-state index >= 15 is 0 Å². The number of carboxylic acid groups (broad SMARTS) is 1. The Bertz CT molecular complexity index is 420. The van der Waals surface area contributed by atoms with Gasteiger partial charge in [-0.25, -0.2) is 0 Å². The molecule has 0 spiro atoms. The van der Waals surface area contributed by atoms with E-state index in [4.69, 9.17) is 0 Å². The number of aliphatic hydroxyl groups excluding tert-OH is 1. The van der Waals surface area contributed by atoms with Gasteiger partial charge in [-0.3, -0.25) is 4.79 Å². The number of nitrogens with one attached hydrogen (secondary N) is 1. The molecular formula is C12H18F3N2O4-. The number of hydrogen-bond acceptors (Lipinski definition) is 4. The molecule has 1 unspecified atom stereocenters. The molecule has 122 valence electrons. The maximum Gasteiger partial charge on any atom is 0.471 e. The number of hydrogen-bond donors (Lipinski definition) is 2. The monoisotopic (exact) mass is 311 g/mol. The topological polar surface area (TPSA) is 92.7 Å². The first-order valence-corrected chi connectivity index (χ1v) is 6.36. The maximum absolute atomic E-state index is 12.1. The van der Waals surface area contributed by atoms with Crippen molar-refractivity contribution in [3.63, 3.8) is 0 Å². The van der Waals surface area contributed by atoms with Gasteiger partial charge in [0, 0.05) is 19.0 Å². The van der Waals surface area contributed by atoms with Crippen LogP contribution in [0.1, 0.15) is 20.8 Å². The standard InChI is InChI=1S/C12H19F3N2O4/c1-11(2,3)8-7(18)6(5-17(8)10(20)21)4-16-9(19)12(13,14)15/h6-8,18H,4-5H2,1-3H3,(H,16,19)(H,20,21)/p-1/t6-,7-,8?/m0/s1. The minimum Gasteiger partial charge on any atom is -0.530 e. The molecule has 0 aliphatic carbocycles. The summed E-state index contributed by atoms with van der Waals surface area (Å²) in [4.78, 5) is 22.7. The number of halogens is 3. The molecule has 1 saturated heterocycles. The molecule has 2 N–H and O–H groups in total. The Labute approximate surface area is 119 Å². The molecule has 0 aromatic heterocycles. The smallest absolute Gasteiger partial charge is 0.471 e. The first kappa shape index (κ1) is 17.5. The first-order valence-electron chi connectivity index (χ1n) is 6.36. The average molecular weight is 311 g/mol. The predicted molar refractivity (Wildman–Crippen MR) is 63.9 cm³/mol. The van der Waals surface area contributed by atoms with Crippen molar-refractivity contribution in [3.05, 3.63) is 0 Å².